The normalized spacial score (nSPS) is 13.3. The third-order valence-corrected chi connectivity index (χ3v) is 7.47. The Morgan fingerprint density at radius 3 is 1.64 bits per heavy atom. The molecule has 0 aliphatic rings. The number of amides is 2. The van der Waals surface area contributed by atoms with Gasteiger partial charge in [-0.1, -0.05) is 40.7 Å². The molecule has 0 heterocycles. The summed E-state index contributed by atoms with van der Waals surface area (Å²) >= 11 is 0. The van der Waals surface area contributed by atoms with E-state index in [2.05, 4.69) is 0 Å². The number of hydrogen-bond donors (Lipinski definition) is 3. The van der Waals surface area contributed by atoms with E-state index in [1.165, 1.54) is 6.07 Å². The van der Waals surface area contributed by atoms with Crippen molar-refractivity contribution in [2.75, 3.05) is 10.6 Å². The van der Waals surface area contributed by atoms with Crippen LogP contribution in [0.3, 0.4) is 0 Å². The zero-order chi connectivity index (χ0) is 36.0. The molecular weight excluding hydrogens is 671 g/mol. The number of carbonyl (C=O) groups is 1. The Hall–Kier alpha value is -3.99. The molecule has 0 aliphatic carbocycles. The third kappa shape index (κ3) is 10.00. The Morgan fingerprint density at radius 1 is 0.681 bits per heavy atom. The molecule has 0 fully saturated rings. The summed E-state index contributed by atoms with van der Waals surface area (Å²) in [5, 5.41) is 3.60. The van der Waals surface area contributed by atoms with E-state index in [-0.39, 0.29) is 23.6 Å². The van der Waals surface area contributed by atoms with E-state index in [9.17, 15) is 57.3 Å². The van der Waals surface area contributed by atoms with Crippen molar-refractivity contribution in [3.63, 3.8) is 0 Å². The van der Waals surface area contributed by atoms with Crippen molar-refractivity contribution >= 4 is 27.5 Å². The van der Waals surface area contributed by atoms with Crippen LogP contribution in [0.4, 0.5) is 55.7 Å². The number of hydrogen-bond acceptors (Lipinski definition) is 4. The van der Waals surface area contributed by atoms with Gasteiger partial charge in [-0.3, -0.25) is 4.55 Å². The molecule has 3 rings (SSSR count). The Morgan fingerprint density at radius 2 is 1.17 bits per heavy atom. The van der Waals surface area contributed by atoms with E-state index < -0.39 is 84.6 Å². The van der Waals surface area contributed by atoms with Crippen LogP contribution in [0, 0.1) is 5.41 Å². The van der Waals surface area contributed by atoms with Crippen LogP contribution in [0.2, 0.25) is 0 Å². The van der Waals surface area contributed by atoms with Gasteiger partial charge in [0, 0.05) is 5.69 Å². The lowest BCUT2D eigenvalue weighted by Crippen LogP contribution is -2.25. The molecular formula is C30H29F9N2O5S. The number of nitrogens with one attached hydrogen (secondary N) is 2. The highest BCUT2D eigenvalue weighted by Crippen LogP contribution is 2.42. The first-order valence-corrected chi connectivity index (χ1v) is 14.9. The molecule has 7 nitrogen and oxygen atoms in total. The van der Waals surface area contributed by atoms with E-state index >= 15 is 0 Å². The summed E-state index contributed by atoms with van der Waals surface area (Å²) in [7, 11) is -5.01. The highest BCUT2D eigenvalue weighted by Gasteiger charge is 2.37. The first kappa shape index (κ1) is 37.5. The van der Waals surface area contributed by atoms with Crippen LogP contribution in [-0.2, 0) is 34.1 Å². The zero-order valence-electron chi connectivity index (χ0n) is 25.3. The van der Waals surface area contributed by atoms with Gasteiger partial charge in [0.2, 0.25) is 0 Å². The lowest BCUT2D eigenvalue weighted by Gasteiger charge is -2.33. The second-order valence-electron chi connectivity index (χ2n) is 12.4. The van der Waals surface area contributed by atoms with Crippen molar-refractivity contribution in [3.8, 4) is 11.5 Å². The van der Waals surface area contributed by atoms with Gasteiger partial charge in [-0.25, -0.2) is 4.79 Å². The van der Waals surface area contributed by atoms with Gasteiger partial charge >= 0.3 is 24.6 Å². The average molecular weight is 701 g/mol. The number of rotatable bonds is 7. The van der Waals surface area contributed by atoms with E-state index in [0.29, 0.717) is 30.2 Å². The number of urea groups is 1. The monoisotopic (exact) mass is 700 g/mol. The molecule has 0 atom stereocenters. The summed E-state index contributed by atoms with van der Waals surface area (Å²) in [4.78, 5) is 11.9. The van der Waals surface area contributed by atoms with Gasteiger partial charge in [0.15, 0.2) is 5.75 Å². The molecule has 0 radical (unpaired) electrons. The van der Waals surface area contributed by atoms with Crippen molar-refractivity contribution in [3.05, 3.63) is 76.9 Å². The maximum Gasteiger partial charge on any atom is 0.416 e. The summed E-state index contributed by atoms with van der Waals surface area (Å²) in [5.41, 5.74) is -7.08. The molecule has 0 unspecified atom stereocenters. The first-order valence-electron chi connectivity index (χ1n) is 13.4. The predicted molar refractivity (Wildman–Crippen MR) is 154 cm³/mol. The molecule has 0 saturated carbocycles. The maximum atomic E-state index is 13.5. The van der Waals surface area contributed by atoms with Gasteiger partial charge in [0.1, 0.15) is 10.6 Å². The van der Waals surface area contributed by atoms with Crippen LogP contribution in [0.5, 0.6) is 11.5 Å². The summed E-state index contributed by atoms with van der Waals surface area (Å²) in [6.07, 6.45) is -14.9. The van der Waals surface area contributed by atoms with E-state index in [1.54, 1.807) is 5.32 Å². The molecule has 17 heteroatoms. The number of ether oxygens (including phenoxy) is 1. The maximum absolute atomic E-state index is 13.5. The smallest absolute Gasteiger partial charge is 0.416 e. The molecule has 47 heavy (non-hydrogen) atoms. The van der Waals surface area contributed by atoms with E-state index in [1.807, 2.05) is 39.9 Å². The minimum Gasteiger partial charge on any atom is -0.454 e. The van der Waals surface area contributed by atoms with Crippen molar-refractivity contribution < 1.29 is 62.0 Å². The molecule has 3 aromatic carbocycles. The van der Waals surface area contributed by atoms with Crippen LogP contribution < -0.4 is 15.4 Å². The van der Waals surface area contributed by atoms with Crippen LogP contribution in [0.25, 0.3) is 0 Å². The largest absolute Gasteiger partial charge is 0.454 e. The fraction of sp³-hybridized carbons (Fsp3) is 0.367. The molecule has 0 saturated heterocycles. The SMILES string of the molecule is CC(C)(C)CC(C)(C)c1ccc(Oc2ccc(C(F)(F)F)cc2NC(=O)Nc2cc(C(F)(F)F)cc(C(F)(F)F)c2)c(S(=O)(=O)O)c1. The minimum absolute atomic E-state index is 0.180. The number of anilines is 2. The standard InChI is InChI=1S/C30H29F9N2O5S/c1-26(2,3)15-27(4,5)16-6-9-23(24(14-16)47(43,44)45)46-22-8-7-17(28(31,32)33)13-21(22)41-25(42)40-20-11-18(29(34,35)36)10-19(12-20)30(37,38)39/h6-14H,15H2,1-5H3,(H2,40,41,42)(H,43,44,45). The van der Waals surface area contributed by atoms with Crippen LogP contribution >= 0.6 is 0 Å². The van der Waals surface area contributed by atoms with E-state index in [0.717, 1.165) is 12.1 Å². The predicted octanol–water partition coefficient (Wildman–Crippen LogP) is 10.1. The Kier molecular flexibility index (Phi) is 10.0. The van der Waals surface area contributed by atoms with Crippen molar-refractivity contribution in [1.29, 1.82) is 0 Å². The fourth-order valence-electron chi connectivity index (χ4n) is 4.97. The summed E-state index contributed by atoms with van der Waals surface area (Å²) < 4.78 is 160. The first-order chi connectivity index (χ1) is 21.1. The van der Waals surface area contributed by atoms with Gasteiger partial charge in [0.25, 0.3) is 10.1 Å². The second kappa shape index (κ2) is 12.6. The highest BCUT2D eigenvalue weighted by molar-refractivity contribution is 7.86. The fourth-order valence-corrected chi connectivity index (χ4v) is 5.61. The average Bonchev–Trinajstić information content (AvgIpc) is 2.86. The zero-order valence-corrected chi connectivity index (χ0v) is 26.1. The third-order valence-electron chi connectivity index (χ3n) is 6.60. The molecule has 3 N–H and O–H groups in total. The Bertz CT molecular complexity index is 1730. The van der Waals surface area contributed by atoms with Gasteiger partial charge in [0.05, 0.1) is 22.4 Å². The molecule has 0 bridgehead atoms. The lowest BCUT2D eigenvalue weighted by molar-refractivity contribution is -0.143. The number of alkyl halides is 9. The summed E-state index contributed by atoms with van der Waals surface area (Å²) in [6, 6.07) is 3.85. The molecule has 3 aromatic rings. The Balaban J connectivity index is 2.06. The van der Waals surface area contributed by atoms with Crippen LogP contribution in [0.1, 0.15) is 63.3 Å². The van der Waals surface area contributed by atoms with E-state index in [4.69, 9.17) is 4.74 Å². The van der Waals surface area contributed by atoms with Gasteiger partial charge in [-0.2, -0.15) is 47.9 Å². The molecule has 0 aromatic heterocycles. The number of halogens is 9. The summed E-state index contributed by atoms with van der Waals surface area (Å²) in [5.74, 6) is -1.20. The van der Waals surface area contributed by atoms with Crippen molar-refractivity contribution in [1.82, 2.24) is 0 Å². The topological polar surface area (TPSA) is 105 Å². The lowest BCUT2D eigenvalue weighted by atomic mass is 9.72. The van der Waals surface area contributed by atoms with Gasteiger partial charge in [-0.15, -0.1) is 0 Å². The molecule has 258 valence electrons. The molecule has 2 amide bonds. The van der Waals surface area contributed by atoms with Gasteiger partial charge < -0.3 is 15.4 Å². The second-order valence-corrected chi connectivity index (χ2v) is 13.8. The highest BCUT2D eigenvalue weighted by atomic mass is 32.2. The van der Waals surface area contributed by atoms with Crippen LogP contribution in [-0.4, -0.2) is 19.0 Å². The molecule has 0 aliphatic heterocycles. The molecule has 0 spiro atoms. The quantitative estimate of drug-likeness (QED) is 0.168. The van der Waals surface area contributed by atoms with Gasteiger partial charge in [-0.05, 0) is 71.3 Å². The number of carbonyl (C=O) groups excluding carboxylic acids is 1. The van der Waals surface area contributed by atoms with Crippen molar-refractivity contribution in [2.24, 2.45) is 5.41 Å². The summed E-state index contributed by atoms with van der Waals surface area (Å²) in [6.45, 7) is 9.50. The minimum atomic E-state index is -5.25. The number of benzene rings is 3. The van der Waals surface area contributed by atoms with Crippen molar-refractivity contribution in [2.45, 2.75) is 69.9 Å². The Labute approximate surface area is 263 Å². The van der Waals surface area contributed by atoms with Crippen LogP contribution in [0.15, 0.2) is 59.5 Å².